The third-order valence-electron chi connectivity index (χ3n) is 5.96. The van der Waals surface area contributed by atoms with E-state index in [4.69, 9.17) is 9.47 Å². The van der Waals surface area contributed by atoms with E-state index in [1.165, 1.54) is 29.3 Å². The van der Waals surface area contributed by atoms with E-state index in [1.807, 2.05) is 0 Å². The number of carbonyl (C=O) groups excluding carboxylic acids is 5. The quantitative estimate of drug-likeness (QED) is 0.466. The van der Waals surface area contributed by atoms with Crippen molar-refractivity contribution >= 4 is 29.7 Å². The topological polar surface area (TPSA) is 158 Å². The lowest BCUT2D eigenvalue weighted by Gasteiger charge is -2.43. The number of hydrazine groups is 2. The lowest BCUT2D eigenvalue weighted by Crippen LogP contribution is -2.65. The molecule has 3 heterocycles. The van der Waals surface area contributed by atoms with Gasteiger partial charge in [-0.25, -0.2) is 19.8 Å². The summed E-state index contributed by atoms with van der Waals surface area (Å²) in [5.41, 5.74) is 2.68. The monoisotopic (exact) mass is 489 g/mol. The number of benzene rings is 1. The number of rotatable bonds is 6. The van der Waals surface area contributed by atoms with Crippen molar-refractivity contribution in [3.05, 3.63) is 29.8 Å². The van der Waals surface area contributed by atoms with E-state index in [9.17, 15) is 29.1 Å². The second-order valence-corrected chi connectivity index (χ2v) is 8.32. The van der Waals surface area contributed by atoms with E-state index in [1.54, 1.807) is 6.92 Å². The molecule has 0 aromatic heterocycles. The molecule has 3 aliphatic rings. The van der Waals surface area contributed by atoms with Crippen molar-refractivity contribution in [2.45, 2.75) is 51.0 Å². The average Bonchev–Trinajstić information content (AvgIpc) is 3.13. The van der Waals surface area contributed by atoms with Gasteiger partial charge in [0.1, 0.15) is 17.8 Å². The van der Waals surface area contributed by atoms with Gasteiger partial charge >= 0.3 is 12.0 Å². The van der Waals surface area contributed by atoms with Crippen molar-refractivity contribution < 1.29 is 38.6 Å². The molecule has 1 unspecified atom stereocenters. The average molecular weight is 489 g/mol. The molecule has 13 heteroatoms. The molecule has 3 atom stereocenters. The molecule has 3 saturated heterocycles. The Morgan fingerprint density at radius 3 is 2.63 bits per heavy atom. The fraction of sp³-hybridized carbons (Fsp3) is 0.500. The van der Waals surface area contributed by atoms with E-state index >= 15 is 0 Å². The van der Waals surface area contributed by atoms with Gasteiger partial charge in [0.2, 0.25) is 18.1 Å². The van der Waals surface area contributed by atoms with Crippen LogP contribution in [-0.2, 0) is 23.9 Å². The molecular formula is C22H27N5O8. The smallest absolute Gasteiger partial charge is 0.358 e. The van der Waals surface area contributed by atoms with Crippen molar-refractivity contribution in [2.24, 2.45) is 0 Å². The van der Waals surface area contributed by atoms with Gasteiger partial charge in [-0.3, -0.25) is 24.6 Å². The molecule has 3 N–H and O–H groups in total. The van der Waals surface area contributed by atoms with Crippen LogP contribution in [0.15, 0.2) is 24.3 Å². The van der Waals surface area contributed by atoms with Crippen LogP contribution >= 0.6 is 0 Å². The summed E-state index contributed by atoms with van der Waals surface area (Å²) in [5, 5.41) is 15.4. The Morgan fingerprint density at radius 2 is 1.91 bits per heavy atom. The minimum Gasteiger partial charge on any atom is -0.508 e. The summed E-state index contributed by atoms with van der Waals surface area (Å²) >= 11 is 0. The number of hydrogen-bond donors (Lipinski definition) is 3. The molecule has 5 amide bonds. The van der Waals surface area contributed by atoms with Gasteiger partial charge in [-0.15, -0.1) is 0 Å². The Hall–Kier alpha value is -3.87. The first-order valence-corrected chi connectivity index (χ1v) is 11.4. The number of cyclic esters (lactones) is 1. The van der Waals surface area contributed by atoms with Crippen LogP contribution in [0.5, 0.6) is 5.75 Å². The van der Waals surface area contributed by atoms with Crippen LogP contribution in [0.3, 0.4) is 0 Å². The maximum absolute atomic E-state index is 13.4. The SMILES string of the molecule is CCOC1OC(=O)C[C@@H]1NC(=O)[C@@H]1CCCN2C(=O)CCN(NC(=O)c3ccc(O)cc3)C(=O)N12. The van der Waals surface area contributed by atoms with E-state index in [0.29, 0.717) is 6.42 Å². The summed E-state index contributed by atoms with van der Waals surface area (Å²) in [6.45, 7) is 2.17. The molecule has 188 valence electrons. The number of esters is 1. The molecule has 4 rings (SSSR count). The molecule has 0 spiro atoms. The highest BCUT2D eigenvalue weighted by atomic mass is 16.7. The summed E-state index contributed by atoms with van der Waals surface area (Å²) < 4.78 is 10.5. The zero-order valence-electron chi connectivity index (χ0n) is 19.1. The number of nitrogens with zero attached hydrogens (tertiary/aromatic N) is 3. The van der Waals surface area contributed by atoms with Gasteiger partial charge in [0, 0.05) is 25.1 Å². The number of aromatic hydroxyl groups is 1. The van der Waals surface area contributed by atoms with Crippen molar-refractivity contribution in [1.29, 1.82) is 0 Å². The maximum atomic E-state index is 13.4. The molecule has 3 aliphatic heterocycles. The molecule has 0 bridgehead atoms. The van der Waals surface area contributed by atoms with Gasteiger partial charge in [-0.05, 0) is 44.0 Å². The molecular weight excluding hydrogens is 462 g/mol. The molecule has 3 fully saturated rings. The molecule has 0 saturated carbocycles. The number of phenolic OH excluding ortho intramolecular Hbond substituents is 1. The van der Waals surface area contributed by atoms with Gasteiger partial charge < -0.3 is 19.9 Å². The molecule has 0 aliphatic carbocycles. The lowest BCUT2D eigenvalue weighted by molar-refractivity contribution is -0.166. The molecule has 13 nitrogen and oxygen atoms in total. The Bertz CT molecular complexity index is 1020. The summed E-state index contributed by atoms with van der Waals surface area (Å²) in [4.78, 5) is 63.8. The van der Waals surface area contributed by atoms with Gasteiger partial charge in [-0.1, -0.05) is 0 Å². The molecule has 35 heavy (non-hydrogen) atoms. The van der Waals surface area contributed by atoms with Crippen LogP contribution in [0.2, 0.25) is 0 Å². The third kappa shape index (κ3) is 5.14. The summed E-state index contributed by atoms with van der Waals surface area (Å²) in [6.07, 6.45) is -0.290. The second kappa shape index (κ2) is 10.2. The highest BCUT2D eigenvalue weighted by molar-refractivity contribution is 5.96. The highest BCUT2D eigenvalue weighted by Crippen LogP contribution is 2.25. The largest absolute Gasteiger partial charge is 0.508 e. The van der Waals surface area contributed by atoms with E-state index < -0.39 is 42.2 Å². The Labute approximate surface area is 200 Å². The van der Waals surface area contributed by atoms with E-state index in [0.717, 1.165) is 10.0 Å². The van der Waals surface area contributed by atoms with Crippen LogP contribution in [0.1, 0.15) is 43.0 Å². The van der Waals surface area contributed by atoms with Crippen LogP contribution in [0, 0.1) is 0 Å². The highest BCUT2D eigenvalue weighted by Gasteiger charge is 2.46. The number of fused-ring (bicyclic) bond motifs is 1. The zero-order chi connectivity index (χ0) is 25.1. The number of nitrogens with one attached hydrogen (secondary N) is 2. The first kappa shape index (κ1) is 24.3. The zero-order valence-corrected chi connectivity index (χ0v) is 19.1. The van der Waals surface area contributed by atoms with Gasteiger partial charge in [0.05, 0.1) is 13.0 Å². The second-order valence-electron chi connectivity index (χ2n) is 8.32. The predicted molar refractivity (Wildman–Crippen MR) is 117 cm³/mol. The summed E-state index contributed by atoms with van der Waals surface area (Å²) in [6, 6.07) is 2.95. The Balaban J connectivity index is 1.51. The number of phenols is 1. The first-order valence-electron chi connectivity index (χ1n) is 11.4. The van der Waals surface area contributed by atoms with Gasteiger partial charge in [0.25, 0.3) is 5.91 Å². The van der Waals surface area contributed by atoms with Crippen LogP contribution in [0.25, 0.3) is 0 Å². The number of ether oxygens (including phenoxy) is 2. The van der Waals surface area contributed by atoms with E-state index in [-0.39, 0.29) is 56.2 Å². The maximum Gasteiger partial charge on any atom is 0.358 e. The molecule has 1 aromatic rings. The van der Waals surface area contributed by atoms with E-state index in [2.05, 4.69) is 10.7 Å². The van der Waals surface area contributed by atoms with Gasteiger partial charge in [0.15, 0.2) is 0 Å². The van der Waals surface area contributed by atoms with Crippen molar-refractivity contribution in [1.82, 2.24) is 25.8 Å². The van der Waals surface area contributed by atoms with Gasteiger partial charge in [-0.2, -0.15) is 0 Å². The lowest BCUT2D eigenvalue weighted by atomic mass is 10.1. The number of urea groups is 1. The number of hydrogen-bond acceptors (Lipinski definition) is 8. The first-order chi connectivity index (χ1) is 16.8. The fourth-order valence-corrected chi connectivity index (χ4v) is 4.26. The summed E-state index contributed by atoms with van der Waals surface area (Å²) in [7, 11) is 0. The Kier molecular flexibility index (Phi) is 7.05. The van der Waals surface area contributed by atoms with Crippen LogP contribution in [-0.4, -0.2) is 87.9 Å². The minimum absolute atomic E-state index is 0.0169. The molecule has 0 radical (unpaired) electrons. The van der Waals surface area contributed by atoms with Crippen LogP contribution in [0.4, 0.5) is 4.79 Å². The third-order valence-corrected chi connectivity index (χ3v) is 5.96. The standard InChI is InChI=1S/C22H27N5O8/c1-2-34-21-15(12-18(30)35-21)23-20(32)16-4-3-10-26-17(29)9-11-25(22(33)27(16)26)24-19(31)13-5-7-14(28)8-6-13/h5-8,15-16,21,28H,2-4,9-12H2,1H3,(H,23,32)(H,24,31)/t15-,16-,21?/m0/s1. The minimum atomic E-state index is -1.04. The normalized spacial score (nSPS) is 24.5. The summed E-state index contributed by atoms with van der Waals surface area (Å²) in [5.74, 6) is -2.06. The van der Waals surface area contributed by atoms with Crippen molar-refractivity contribution in [2.75, 3.05) is 19.7 Å². The van der Waals surface area contributed by atoms with Crippen molar-refractivity contribution in [3.63, 3.8) is 0 Å². The number of amides is 5. The Morgan fingerprint density at radius 1 is 1.17 bits per heavy atom. The predicted octanol–water partition coefficient (Wildman–Crippen LogP) is -0.135. The fourth-order valence-electron chi connectivity index (χ4n) is 4.26. The van der Waals surface area contributed by atoms with Crippen LogP contribution < -0.4 is 10.7 Å². The van der Waals surface area contributed by atoms with Crippen molar-refractivity contribution in [3.8, 4) is 5.75 Å². The number of carbonyl (C=O) groups is 5. The molecule has 1 aromatic carbocycles.